The predicted octanol–water partition coefficient (Wildman–Crippen LogP) is 2.85. The number of fused-ring (bicyclic) bond motifs is 2. The van der Waals surface area contributed by atoms with E-state index in [4.69, 9.17) is 14.2 Å². The van der Waals surface area contributed by atoms with Crippen molar-refractivity contribution in [2.24, 2.45) is 5.92 Å². The number of benzene rings is 1. The van der Waals surface area contributed by atoms with Crippen LogP contribution in [-0.4, -0.2) is 38.0 Å². The largest absolute Gasteiger partial charge is 0.454 e. The van der Waals surface area contributed by atoms with Crippen LogP contribution in [0.25, 0.3) is 0 Å². The molecule has 0 bridgehead atoms. The molecule has 3 heterocycles. The molecule has 122 valence electrons. The Morgan fingerprint density at radius 1 is 1.17 bits per heavy atom. The van der Waals surface area contributed by atoms with Crippen molar-refractivity contribution in [3.8, 4) is 11.5 Å². The molecule has 0 unspecified atom stereocenters. The molecule has 1 aromatic carbocycles. The first kappa shape index (κ1) is 13.9. The zero-order valence-electron chi connectivity index (χ0n) is 13.6. The Labute approximate surface area is 137 Å². The molecule has 1 aromatic rings. The first-order valence-electron chi connectivity index (χ1n) is 8.70. The first-order valence-corrected chi connectivity index (χ1v) is 8.70. The number of nitrogens with zero attached hydrogens (tertiary/aromatic N) is 1. The topological polar surface area (TPSA) is 30.9 Å². The Morgan fingerprint density at radius 3 is 2.91 bits per heavy atom. The molecule has 4 nitrogen and oxygen atoms in total. The van der Waals surface area contributed by atoms with Crippen LogP contribution in [-0.2, 0) is 16.7 Å². The fourth-order valence-corrected chi connectivity index (χ4v) is 5.14. The monoisotopic (exact) mass is 313 g/mol. The molecule has 0 radical (unpaired) electrons. The second-order valence-corrected chi connectivity index (χ2v) is 7.14. The Morgan fingerprint density at radius 2 is 2.04 bits per heavy atom. The Balaban J connectivity index is 1.71. The fourth-order valence-electron chi connectivity index (χ4n) is 5.14. The van der Waals surface area contributed by atoms with Crippen LogP contribution in [0.2, 0.25) is 0 Å². The summed E-state index contributed by atoms with van der Waals surface area (Å²) in [6, 6.07) is 4.49. The van der Waals surface area contributed by atoms with Gasteiger partial charge in [0, 0.05) is 19.4 Å². The molecule has 0 aromatic heterocycles. The van der Waals surface area contributed by atoms with Crippen LogP contribution < -0.4 is 9.47 Å². The van der Waals surface area contributed by atoms with E-state index in [0.717, 1.165) is 24.3 Å². The third-order valence-electron chi connectivity index (χ3n) is 6.20. The van der Waals surface area contributed by atoms with E-state index in [9.17, 15) is 0 Å². The maximum atomic E-state index is 5.72. The van der Waals surface area contributed by atoms with Crippen LogP contribution in [0.4, 0.5) is 0 Å². The number of rotatable bonds is 1. The van der Waals surface area contributed by atoms with E-state index in [0.29, 0.717) is 12.7 Å². The molecule has 0 saturated carbocycles. The van der Waals surface area contributed by atoms with Crippen molar-refractivity contribution in [1.82, 2.24) is 4.90 Å². The molecule has 4 heteroatoms. The maximum Gasteiger partial charge on any atom is 0.231 e. The van der Waals surface area contributed by atoms with Gasteiger partial charge in [-0.05, 0) is 55.6 Å². The van der Waals surface area contributed by atoms with Crippen molar-refractivity contribution in [1.29, 1.82) is 0 Å². The third kappa shape index (κ3) is 1.85. The summed E-state index contributed by atoms with van der Waals surface area (Å²) in [4.78, 5) is 2.71. The van der Waals surface area contributed by atoms with Gasteiger partial charge in [0.05, 0.1) is 11.6 Å². The highest BCUT2D eigenvalue weighted by atomic mass is 16.7. The van der Waals surface area contributed by atoms with Crippen LogP contribution in [0.1, 0.15) is 30.4 Å². The Hall–Kier alpha value is -1.52. The van der Waals surface area contributed by atoms with Crippen molar-refractivity contribution in [3.63, 3.8) is 0 Å². The van der Waals surface area contributed by atoms with E-state index in [2.05, 4.69) is 29.2 Å². The average molecular weight is 313 g/mol. The van der Waals surface area contributed by atoms with Gasteiger partial charge in [0.25, 0.3) is 0 Å². The van der Waals surface area contributed by atoms with Crippen LogP contribution in [0.3, 0.4) is 0 Å². The summed E-state index contributed by atoms with van der Waals surface area (Å²) in [6.45, 7) is 2.69. The minimum Gasteiger partial charge on any atom is -0.454 e. The van der Waals surface area contributed by atoms with E-state index in [1.54, 1.807) is 0 Å². The number of hydrogen-bond donors (Lipinski definition) is 0. The number of ether oxygens (including phenoxy) is 3. The van der Waals surface area contributed by atoms with Gasteiger partial charge >= 0.3 is 0 Å². The summed E-state index contributed by atoms with van der Waals surface area (Å²) in [6.07, 6.45) is 9.47. The number of hydrogen-bond acceptors (Lipinski definition) is 4. The van der Waals surface area contributed by atoms with Crippen LogP contribution in [0.15, 0.2) is 24.3 Å². The average Bonchev–Trinajstić information content (AvgIpc) is 3.15. The van der Waals surface area contributed by atoms with Gasteiger partial charge < -0.3 is 14.2 Å². The predicted molar refractivity (Wildman–Crippen MR) is 86.8 cm³/mol. The molecular weight excluding hydrogens is 290 g/mol. The van der Waals surface area contributed by atoms with Gasteiger partial charge in [0.1, 0.15) is 0 Å². The van der Waals surface area contributed by atoms with Crippen LogP contribution in [0.5, 0.6) is 11.5 Å². The SMILES string of the molecule is CO[C@H]1C=C[C@H]2CCN3CCCc4cc5c(cc4[C@]23C1)OCO5. The van der Waals surface area contributed by atoms with Crippen molar-refractivity contribution in [2.75, 3.05) is 27.0 Å². The second-order valence-electron chi connectivity index (χ2n) is 7.14. The van der Waals surface area contributed by atoms with Crippen molar-refractivity contribution in [2.45, 2.75) is 37.3 Å². The van der Waals surface area contributed by atoms with Crippen molar-refractivity contribution < 1.29 is 14.2 Å². The first-order chi connectivity index (χ1) is 11.3. The summed E-state index contributed by atoms with van der Waals surface area (Å²) in [5.41, 5.74) is 2.96. The molecule has 1 spiro atoms. The van der Waals surface area contributed by atoms with Crippen molar-refractivity contribution in [3.05, 3.63) is 35.4 Å². The lowest BCUT2D eigenvalue weighted by Gasteiger charge is -2.45. The normalized spacial score (nSPS) is 34.7. The molecule has 4 aliphatic rings. The third-order valence-corrected chi connectivity index (χ3v) is 6.20. The smallest absolute Gasteiger partial charge is 0.231 e. The maximum absolute atomic E-state index is 5.72. The van der Waals surface area contributed by atoms with Gasteiger partial charge in [-0.1, -0.05) is 12.2 Å². The van der Waals surface area contributed by atoms with E-state index < -0.39 is 0 Å². The summed E-state index contributed by atoms with van der Waals surface area (Å²) < 4.78 is 17.0. The highest BCUT2D eigenvalue weighted by molar-refractivity contribution is 5.53. The summed E-state index contributed by atoms with van der Waals surface area (Å²) in [5.74, 6) is 2.40. The Kier molecular flexibility index (Phi) is 3.01. The van der Waals surface area contributed by atoms with Crippen LogP contribution in [0, 0.1) is 5.92 Å². The summed E-state index contributed by atoms with van der Waals surface area (Å²) >= 11 is 0. The van der Waals surface area contributed by atoms with E-state index in [1.165, 1.54) is 37.1 Å². The van der Waals surface area contributed by atoms with Gasteiger partial charge in [-0.25, -0.2) is 0 Å². The van der Waals surface area contributed by atoms with E-state index in [-0.39, 0.29) is 11.6 Å². The standard InChI is InChI=1S/C19H23NO3/c1-21-15-5-4-14-6-8-20-7-2-3-13-9-17-18(23-12-22-17)10-16(13)19(14,20)11-15/h4-5,9-10,14-15H,2-3,6-8,11-12H2,1H3/t14-,15-,19-/m0/s1. The number of aryl methyl sites for hydroxylation is 1. The van der Waals surface area contributed by atoms with Gasteiger partial charge in [0.2, 0.25) is 6.79 Å². The lowest BCUT2D eigenvalue weighted by Crippen LogP contribution is -2.48. The lowest BCUT2D eigenvalue weighted by molar-refractivity contribution is 0.0286. The van der Waals surface area contributed by atoms with Gasteiger partial charge in [-0.15, -0.1) is 0 Å². The molecule has 3 atom stereocenters. The zero-order valence-corrected chi connectivity index (χ0v) is 13.6. The lowest BCUT2D eigenvalue weighted by atomic mass is 9.70. The minimum atomic E-state index is 0.0717. The molecular formula is C19H23NO3. The fraction of sp³-hybridized carbons (Fsp3) is 0.579. The van der Waals surface area contributed by atoms with Gasteiger partial charge in [-0.2, -0.15) is 0 Å². The van der Waals surface area contributed by atoms with Gasteiger partial charge in [-0.3, -0.25) is 4.90 Å². The molecule has 1 aliphatic carbocycles. The Bertz CT molecular complexity index is 671. The quantitative estimate of drug-likeness (QED) is 0.746. The molecule has 23 heavy (non-hydrogen) atoms. The van der Waals surface area contributed by atoms with Crippen LogP contribution >= 0.6 is 0 Å². The summed E-state index contributed by atoms with van der Waals surface area (Å²) in [5, 5.41) is 0. The highest BCUT2D eigenvalue weighted by Gasteiger charge is 2.53. The molecule has 1 fully saturated rings. The minimum absolute atomic E-state index is 0.0717. The van der Waals surface area contributed by atoms with Crippen molar-refractivity contribution >= 4 is 0 Å². The molecule has 0 N–H and O–H groups in total. The molecule has 3 aliphatic heterocycles. The summed E-state index contributed by atoms with van der Waals surface area (Å²) in [7, 11) is 1.82. The van der Waals surface area contributed by atoms with E-state index in [1.807, 2.05) is 7.11 Å². The highest BCUT2D eigenvalue weighted by Crippen LogP contribution is 2.54. The molecule has 5 rings (SSSR count). The molecule has 0 amide bonds. The second kappa shape index (κ2) is 4.99. The zero-order chi connectivity index (χ0) is 15.4. The van der Waals surface area contributed by atoms with Gasteiger partial charge in [0.15, 0.2) is 11.5 Å². The van der Waals surface area contributed by atoms with E-state index >= 15 is 0 Å². The molecule has 1 saturated heterocycles. The number of methoxy groups -OCH3 is 1.